The number of aliphatic carboxylic acids is 1. The number of nitrogens with zero attached hydrogens (tertiary/aromatic N) is 3. The summed E-state index contributed by atoms with van der Waals surface area (Å²) >= 11 is 0. The van der Waals surface area contributed by atoms with Gasteiger partial charge in [0.2, 0.25) is 5.91 Å². The highest BCUT2D eigenvalue weighted by Crippen LogP contribution is 2.18. The summed E-state index contributed by atoms with van der Waals surface area (Å²) in [5, 5.41) is 15.2. The Kier molecular flexibility index (Phi) is 4.06. The highest BCUT2D eigenvalue weighted by Gasteiger charge is 2.18. The summed E-state index contributed by atoms with van der Waals surface area (Å²) in [4.78, 5) is 26.2. The molecular weight excluding hydrogens is 262 g/mol. The summed E-state index contributed by atoms with van der Waals surface area (Å²) < 4.78 is 1.48. The number of carbonyl (C=O) groups is 2. The van der Waals surface area contributed by atoms with Crippen molar-refractivity contribution in [1.29, 1.82) is 0 Å². The standard InChI is InChI=1S/C12H13N5O3/c13-8(5-11(18)19)12(20)16-9-3-1-2-4-10(9)17-7-14-6-15-17/h1-4,6-8H,5,13H2,(H,16,20)(H,18,19). The van der Waals surface area contributed by atoms with E-state index in [0.717, 1.165) is 0 Å². The number of carbonyl (C=O) groups excluding carboxylic acids is 1. The molecule has 0 aliphatic rings. The third-order valence-electron chi connectivity index (χ3n) is 2.56. The lowest BCUT2D eigenvalue weighted by molar-refractivity contribution is -0.138. The van der Waals surface area contributed by atoms with Gasteiger partial charge in [-0.25, -0.2) is 9.67 Å². The molecule has 0 aliphatic carbocycles. The van der Waals surface area contributed by atoms with Gasteiger partial charge in [0, 0.05) is 0 Å². The average molecular weight is 275 g/mol. The average Bonchev–Trinajstić information content (AvgIpc) is 2.92. The van der Waals surface area contributed by atoms with E-state index in [1.165, 1.54) is 17.3 Å². The minimum atomic E-state index is -1.13. The molecule has 2 rings (SSSR count). The fourth-order valence-electron chi connectivity index (χ4n) is 1.62. The van der Waals surface area contributed by atoms with Crippen molar-refractivity contribution in [2.24, 2.45) is 5.73 Å². The Morgan fingerprint density at radius 1 is 1.40 bits per heavy atom. The van der Waals surface area contributed by atoms with Crippen molar-refractivity contribution in [3.63, 3.8) is 0 Å². The molecule has 1 amide bonds. The number of carboxylic acid groups (broad SMARTS) is 1. The molecule has 1 atom stereocenters. The Morgan fingerprint density at radius 2 is 2.15 bits per heavy atom. The molecule has 0 saturated heterocycles. The zero-order chi connectivity index (χ0) is 14.5. The van der Waals surface area contributed by atoms with E-state index >= 15 is 0 Å². The summed E-state index contributed by atoms with van der Waals surface area (Å²) in [7, 11) is 0. The number of rotatable bonds is 5. The van der Waals surface area contributed by atoms with Crippen LogP contribution in [0, 0.1) is 0 Å². The Labute approximate surface area is 114 Å². The van der Waals surface area contributed by atoms with Crippen molar-refractivity contribution < 1.29 is 14.7 Å². The summed E-state index contributed by atoms with van der Waals surface area (Å²) in [5.41, 5.74) is 6.59. The number of hydrogen-bond donors (Lipinski definition) is 3. The Morgan fingerprint density at radius 3 is 2.80 bits per heavy atom. The second-order valence-electron chi connectivity index (χ2n) is 4.05. The fourth-order valence-corrected chi connectivity index (χ4v) is 1.62. The molecule has 8 heteroatoms. The first kappa shape index (κ1) is 13.7. The van der Waals surface area contributed by atoms with Crippen molar-refractivity contribution in [3.8, 4) is 5.69 Å². The van der Waals surface area contributed by atoms with Gasteiger partial charge in [-0.1, -0.05) is 12.1 Å². The van der Waals surface area contributed by atoms with E-state index in [1.54, 1.807) is 24.3 Å². The molecule has 8 nitrogen and oxygen atoms in total. The maximum absolute atomic E-state index is 11.8. The second-order valence-corrected chi connectivity index (χ2v) is 4.05. The first-order chi connectivity index (χ1) is 9.58. The lowest BCUT2D eigenvalue weighted by Crippen LogP contribution is -2.37. The number of benzene rings is 1. The summed E-state index contributed by atoms with van der Waals surface area (Å²) in [6.45, 7) is 0. The largest absolute Gasteiger partial charge is 0.481 e. The van der Waals surface area contributed by atoms with E-state index in [-0.39, 0.29) is 0 Å². The number of amides is 1. The van der Waals surface area contributed by atoms with Crippen molar-refractivity contribution in [2.45, 2.75) is 12.5 Å². The molecule has 1 heterocycles. The van der Waals surface area contributed by atoms with Crippen molar-refractivity contribution >= 4 is 17.6 Å². The topological polar surface area (TPSA) is 123 Å². The number of hydrogen-bond acceptors (Lipinski definition) is 5. The molecule has 0 spiro atoms. The summed E-state index contributed by atoms with van der Waals surface area (Å²) in [6, 6.07) is 5.81. The lowest BCUT2D eigenvalue weighted by Gasteiger charge is -2.13. The van der Waals surface area contributed by atoms with Gasteiger partial charge in [0.25, 0.3) is 0 Å². The SMILES string of the molecule is NC(CC(=O)O)C(=O)Nc1ccccc1-n1cncn1. The first-order valence-electron chi connectivity index (χ1n) is 5.80. The van der Waals surface area contributed by atoms with Gasteiger partial charge < -0.3 is 16.2 Å². The maximum atomic E-state index is 11.8. The highest BCUT2D eigenvalue weighted by atomic mass is 16.4. The van der Waals surface area contributed by atoms with Crippen LogP contribution in [0.4, 0.5) is 5.69 Å². The lowest BCUT2D eigenvalue weighted by atomic mass is 10.2. The molecular formula is C12H13N5O3. The predicted octanol–water partition coefficient (Wildman–Crippen LogP) is 0.00780. The van der Waals surface area contributed by atoms with Gasteiger partial charge in [0.1, 0.15) is 12.7 Å². The van der Waals surface area contributed by atoms with Gasteiger partial charge in [0.15, 0.2) is 0 Å². The second kappa shape index (κ2) is 5.93. The van der Waals surface area contributed by atoms with Crippen LogP contribution in [0.2, 0.25) is 0 Å². The van der Waals surface area contributed by atoms with Gasteiger partial charge in [-0.15, -0.1) is 0 Å². The minimum absolute atomic E-state index is 0.433. The molecule has 1 aromatic carbocycles. The third-order valence-corrected chi connectivity index (χ3v) is 2.56. The number of aromatic nitrogens is 3. The van der Waals surface area contributed by atoms with Crippen molar-refractivity contribution in [3.05, 3.63) is 36.9 Å². The third kappa shape index (κ3) is 3.18. The quantitative estimate of drug-likeness (QED) is 0.706. The van der Waals surface area contributed by atoms with Crippen LogP contribution in [0.15, 0.2) is 36.9 Å². The number of carboxylic acids is 1. The smallest absolute Gasteiger partial charge is 0.305 e. The van der Waals surface area contributed by atoms with Gasteiger partial charge in [-0.2, -0.15) is 5.10 Å². The van der Waals surface area contributed by atoms with E-state index in [2.05, 4.69) is 15.4 Å². The molecule has 0 radical (unpaired) electrons. The van der Waals surface area contributed by atoms with Crippen LogP contribution in [0.5, 0.6) is 0 Å². The Hall–Kier alpha value is -2.74. The van der Waals surface area contributed by atoms with Crippen LogP contribution in [0.25, 0.3) is 5.69 Å². The van der Waals surface area contributed by atoms with Crippen molar-refractivity contribution in [1.82, 2.24) is 14.8 Å². The highest BCUT2D eigenvalue weighted by molar-refractivity contribution is 5.98. The van der Waals surface area contributed by atoms with Crippen LogP contribution in [-0.2, 0) is 9.59 Å². The van der Waals surface area contributed by atoms with Gasteiger partial charge in [0.05, 0.1) is 23.8 Å². The molecule has 2 aromatic rings. The molecule has 4 N–H and O–H groups in total. The Bertz CT molecular complexity index is 611. The molecule has 1 aromatic heterocycles. The van der Waals surface area contributed by atoms with Crippen LogP contribution >= 0.6 is 0 Å². The van der Waals surface area contributed by atoms with Gasteiger partial charge in [-0.3, -0.25) is 9.59 Å². The first-order valence-corrected chi connectivity index (χ1v) is 5.80. The molecule has 0 bridgehead atoms. The molecule has 104 valence electrons. The van der Waals surface area contributed by atoms with Crippen LogP contribution < -0.4 is 11.1 Å². The molecule has 20 heavy (non-hydrogen) atoms. The molecule has 0 aliphatic heterocycles. The van der Waals surface area contributed by atoms with Crippen LogP contribution in [-0.4, -0.2) is 37.8 Å². The molecule has 0 saturated carbocycles. The molecule has 1 unspecified atom stereocenters. The van der Waals surface area contributed by atoms with E-state index in [9.17, 15) is 9.59 Å². The van der Waals surface area contributed by atoms with E-state index in [4.69, 9.17) is 10.8 Å². The van der Waals surface area contributed by atoms with Crippen LogP contribution in [0.3, 0.4) is 0 Å². The number of nitrogens with one attached hydrogen (secondary N) is 1. The van der Waals surface area contributed by atoms with E-state index < -0.39 is 24.3 Å². The monoisotopic (exact) mass is 275 g/mol. The fraction of sp³-hybridized carbons (Fsp3) is 0.167. The summed E-state index contributed by atoms with van der Waals surface area (Å²) in [6.07, 6.45) is 2.42. The van der Waals surface area contributed by atoms with Gasteiger partial charge in [-0.05, 0) is 12.1 Å². The number of para-hydroxylation sites is 2. The predicted molar refractivity (Wildman–Crippen MR) is 70.2 cm³/mol. The van der Waals surface area contributed by atoms with E-state index in [0.29, 0.717) is 11.4 Å². The zero-order valence-corrected chi connectivity index (χ0v) is 10.4. The van der Waals surface area contributed by atoms with Crippen LogP contribution in [0.1, 0.15) is 6.42 Å². The number of anilines is 1. The normalized spacial score (nSPS) is 11.8. The van der Waals surface area contributed by atoms with Gasteiger partial charge >= 0.3 is 5.97 Å². The van der Waals surface area contributed by atoms with E-state index in [1.807, 2.05) is 0 Å². The van der Waals surface area contributed by atoms with Crippen molar-refractivity contribution in [2.75, 3.05) is 5.32 Å². The number of nitrogens with two attached hydrogens (primary N) is 1. The molecule has 0 fully saturated rings. The minimum Gasteiger partial charge on any atom is -0.481 e. The Balaban J connectivity index is 2.18. The maximum Gasteiger partial charge on any atom is 0.305 e. The summed E-state index contributed by atoms with van der Waals surface area (Å²) in [5.74, 6) is -1.70. The zero-order valence-electron chi connectivity index (χ0n) is 10.4.